The van der Waals surface area contributed by atoms with E-state index in [0.29, 0.717) is 11.6 Å². The first-order valence-corrected chi connectivity index (χ1v) is 6.56. The van der Waals surface area contributed by atoms with E-state index in [-0.39, 0.29) is 6.04 Å². The highest BCUT2D eigenvalue weighted by molar-refractivity contribution is 6.30. The van der Waals surface area contributed by atoms with Crippen molar-refractivity contribution < 1.29 is 4.74 Å². The molecule has 0 bridgehead atoms. The minimum absolute atomic E-state index is 0.0885. The average Bonchev–Trinajstić information content (AvgIpc) is 2.42. The van der Waals surface area contributed by atoms with Crippen LogP contribution in [0.3, 0.4) is 0 Å². The summed E-state index contributed by atoms with van der Waals surface area (Å²) in [7, 11) is 0. The monoisotopic (exact) mass is 276 g/mol. The predicted molar refractivity (Wildman–Crippen MR) is 78.2 cm³/mol. The van der Waals surface area contributed by atoms with Crippen molar-refractivity contribution in [2.75, 3.05) is 6.61 Å². The maximum Gasteiger partial charge on any atom is 0.119 e. The van der Waals surface area contributed by atoms with Gasteiger partial charge in [-0.3, -0.25) is 5.84 Å². The lowest BCUT2D eigenvalue weighted by Crippen LogP contribution is -2.28. The van der Waals surface area contributed by atoms with E-state index in [4.69, 9.17) is 22.2 Å². The topological polar surface area (TPSA) is 47.3 Å². The Labute approximate surface area is 118 Å². The highest BCUT2D eigenvalue weighted by atomic mass is 35.5. The van der Waals surface area contributed by atoms with Crippen molar-refractivity contribution >= 4 is 11.6 Å². The Bertz CT molecular complexity index is 528. The molecule has 0 aliphatic rings. The molecule has 0 aliphatic heterocycles. The number of nitrogens with two attached hydrogens (primary N) is 1. The Balaban J connectivity index is 2.26. The standard InChI is InChI=1S/C15H17ClN2O/c1-2-19-14-8-6-11(7-9-14)15(18-17)12-4-3-5-13(16)10-12/h3-10,15,18H,2,17H2,1H3. The van der Waals surface area contributed by atoms with Gasteiger partial charge in [0.05, 0.1) is 12.6 Å². The molecule has 0 aliphatic carbocycles. The van der Waals surface area contributed by atoms with E-state index in [2.05, 4.69) is 5.43 Å². The summed E-state index contributed by atoms with van der Waals surface area (Å²) in [5.41, 5.74) is 4.90. The van der Waals surface area contributed by atoms with Crippen LogP contribution in [0, 0.1) is 0 Å². The molecule has 19 heavy (non-hydrogen) atoms. The van der Waals surface area contributed by atoms with Crippen LogP contribution in [0.1, 0.15) is 24.1 Å². The molecule has 0 heterocycles. The molecule has 0 amide bonds. The SMILES string of the molecule is CCOc1ccc(C(NN)c2cccc(Cl)c2)cc1. The largest absolute Gasteiger partial charge is 0.494 e. The zero-order valence-corrected chi connectivity index (χ0v) is 11.5. The van der Waals surface area contributed by atoms with Gasteiger partial charge >= 0.3 is 0 Å². The van der Waals surface area contributed by atoms with Crippen molar-refractivity contribution in [1.29, 1.82) is 0 Å². The third-order valence-corrected chi connectivity index (χ3v) is 3.11. The minimum atomic E-state index is -0.0885. The van der Waals surface area contributed by atoms with Crippen LogP contribution in [-0.2, 0) is 0 Å². The smallest absolute Gasteiger partial charge is 0.119 e. The van der Waals surface area contributed by atoms with E-state index in [1.807, 2.05) is 55.5 Å². The van der Waals surface area contributed by atoms with E-state index < -0.39 is 0 Å². The summed E-state index contributed by atoms with van der Waals surface area (Å²) >= 11 is 6.01. The van der Waals surface area contributed by atoms with Crippen LogP contribution in [0.15, 0.2) is 48.5 Å². The highest BCUT2D eigenvalue weighted by Gasteiger charge is 2.12. The van der Waals surface area contributed by atoms with Crippen LogP contribution in [-0.4, -0.2) is 6.61 Å². The van der Waals surface area contributed by atoms with Gasteiger partial charge in [0.15, 0.2) is 0 Å². The van der Waals surface area contributed by atoms with Gasteiger partial charge < -0.3 is 4.74 Å². The molecule has 4 heteroatoms. The van der Waals surface area contributed by atoms with Crippen LogP contribution < -0.4 is 16.0 Å². The molecule has 100 valence electrons. The first kappa shape index (κ1) is 13.9. The molecule has 0 aromatic heterocycles. The van der Waals surface area contributed by atoms with Gasteiger partial charge in [-0.15, -0.1) is 0 Å². The second-order valence-electron chi connectivity index (χ2n) is 4.16. The van der Waals surface area contributed by atoms with Gasteiger partial charge in [0, 0.05) is 5.02 Å². The molecule has 2 rings (SSSR count). The van der Waals surface area contributed by atoms with Gasteiger partial charge in [-0.2, -0.15) is 0 Å². The Morgan fingerprint density at radius 1 is 1.16 bits per heavy atom. The van der Waals surface area contributed by atoms with Gasteiger partial charge in [-0.25, -0.2) is 5.43 Å². The lowest BCUT2D eigenvalue weighted by Gasteiger charge is -2.17. The second-order valence-corrected chi connectivity index (χ2v) is 4.59. The van der Waals surface area contributed by atoms with Crippen LogP contribution >= 0.6 is 11.6 Å². The average molecular weight is 277 g/mol. The summed E-state index contributed by atoms with van der Waals surface area (Å²) in [6.07, 6.45) is 0. The van der Waals surface area contributed by atoms with Crippen molar-refractivity contribution in [3.8, 4) is 5.75 Å². The molecule has 0 saturated heterocycles. The molecule has 0 saturated carbocycles. The van der Waals surface area contributed by atoms with E-state index in [1.165, 1.54) is 0 Å². The summed E-state index contributed by atoms with van der Waals surface area (Å²) in [5, 5.41) is 0.698. The van der Waals surface area contributed by atoms with Crippen molar-refractivity contribution in [2.45, 2.75) is 13.0 Å². The lowest BCUT2D eigenvalue weighted by molar-refractivity contribution is 0.340. The molecule has 0 spiro atoms. The summed E-state index contributed by atoms with van der Waals surface area (Å²) in [4.78, 5) is 0. The molecular weight excluding hydrogens is 260 g/mol. The Hall–Kier alpha value is -1.55. The quantitative estimate of drug-likeness (QED) is 0.651. The summed E-state index contributed by atoms with van der Waals surface area (Å²) in [6, 6.07) is 15.4. The van der Waals surface area contributed by atoms with Crippen LogP contribution in [0.4, 0.5) is 0 Å². The van der Waals surface area contributed by atoms with Crippen LogP contribution in [0.25, 0.3) is 0 Å². The Morgan fingerprint density at radius 3 is 2.47 bits per heavy atom. The van der Waals surface area contributed by atoms with Gasteiger partial charge in [0.1, 0.15) is 5.75 Å². The zero-order valence-electron chi connectivity index (χ0n) is 10.8. The Kier molecular flexibility index (Phi) is 4.80. The van der Waals surface area contributed by atoms with Crippen molar-refractivity contribution in [3.05, 3.63) is 64.7 Å². The summed E-state index contributed by atoms with van der Waals surface area (Å²) < 4.78 is 5.43. The Morgan fingerprint density at radius 2 is 1.89 bits per heavy atom. The van der Waals surface area contributed by atoms with Crippen molar-refractivity contribution in [1.82, 2.24) is 5.43 Å². The van der Waals surface area contributed by atoms with Crippen molar-refractivity contribution in [3.63, 3.8) is 0 Å². The molecule has 0 fully saturated rings. The van der Waals surface area contributed by atoms with Gasteiger partial charge in [0.25, 0.3) is 0 Å². The van der Waals surface area contributed by atoms with Gasteiger partial charge in [-0.1, -0.05) is 35.9 Å². The van der Waals surface area contributed by atoms with Crippen LogP contribution in [0.5, 0.6) is 5.75 Å². The lowest BCUT2D eigenvalue weighted by atomic mass is 9.99. The number of hydrazine groups is 1. The van der Waals surface area contributed by atoms with E-state index in [0.717, 1.165) is 16.9 Å². The number of benzene rings is 2. The number of rotatable bonds is 5. The second kappa shape index (κ2) is 6.57. The molecule has 3 N–H and O–H groups in total. The minimum Gasteiger partial charge on any atom is -0.494 e. The number of hydrogen-bond acceptors (Lipinski definition) is 3. The highest BCUT2D eigenvalue weighted by Crippen LogP contribution is 2.25. The van der Waals surface area contributed by atoms with Crippen LogP contribution in [0.2, 0.25) is 5.02 Å². The molecule has 1 unspecified atom stereocenters. The fourth-order valence-corrected chi connectivity index (χ4v) is 2.19. The maximum absolute atomic E-state index is 6.01. The van der Waals surface area contributed by atoms with Crippen molar-refractivity contribution in [2.24, 2.45) is 5.84 Å². The first-order chi connectivity index (χ1) is 9.24. The molecule has 3 nitrogen and oxygen atoms in total. The molecule has 0 radical (unpaired) electrons. The first-order valence-electron chi connectivity index (χ1n) is 6.19. The fraction of sp³-hybridized carbons (Fsp3) is 0.200. The fourth-order valence-electron chi connectivity index (χ4n) is 1.99. The third-order valence-electron chi connectivity index (χ3n) is 2.87. The molecule has 2 aromatic carbocycles. The number of halogens is 1. The van der Waals surface area contributed by atoms with Gasteiger partial charge in [-0.05, 0) is 42.3 Å². The number of hydrogen-bond donors (Lipinski definition) is 2. The predicted octanol–water partition coefficient (Wildman–Crippen LogP) is 3.29. The molecule has 2 aromatic rings. The third kappa shape index (κ3) is 3.47. The van der Waals surface area contributed by atoms with E-state index in [1.54, 1.807) is 0 Å². The molecular formula is C15H17ClN2O. The zero-order chi connectivity index (χ0) is 13.7. The summed E-state index contributed by atoms with van der Waals surface area (Å²) in [6.45, 7) is 2.62. The van der Waals surface area contributed by atoms with Gasteiger partial charge in [0.2, 0.25) is 0 Å². The van der Waals surface area contributed by atoms with E-state index in [9.17, 15) is 0 Å². The normalized spacial score (nSPS) is 12.2. The van der Waals surface area contributed by atoms with E-state index >= 15 is 0 Å². The number of nitrogens with one attached hydrogen (secondary N) is 1. The maximum atomic E-state index is 6.01. The summed E-state index contributed by atoms with van der Waals surface area (Å²) in [5.74, 6) is 6.51. The number of ether oxygens (including phenoxy) is 1. The molecule has 1 atom stereocenters.